The highest BCUT2D eigenvalue weighted by Gasteiger charge is 2.17. The van der Waals surface area contributed by atoms with Gasteiger partial charge >= 0.3 is 0 Å². The monoisotopic (exact) mass is 543 g/mol. The van der Waals surface area contributed by atoms with Crippen molar-refractivity contribution in [1.29, 1.82) is 0 Å². The first-order chi connectivity index (χ1) is 19.4. The molecule has 0 spiro atoms. The molecule has 2 N–H and O–H groups in total. The second kappa shape index (κ2) is 11.3. The topological polar surface area (TPSA) is 138 Å². The molecule has 0 atom stereocenters. The molecule has 3 aromatic heterocycles. The molecule has 12 nitrogen and oxygen atoms in total. The molecule has 5 aromatic rings. The van der Waals surface area contributed by atoms with Crippen LogP contribution < -0.4 is 25.1 Å². The SMILES string of the molecule is COc1cc(-c2cc(C(=O)NCCn3ncc4c(=O)n(Cc5ccccc5C)cnc43)[nH]n2)cc(OC)c1OC. The van der Waals surface area contributed by atoms with Crippen molar-refractivity contribution in [3.8, 4) is 28.5 Å². The molecule has 0 fully saturated rings. The maximum absolute atomic E-state index is 13.0. The van der Waals surface area contributed by atoms with E-state index in [4.69, 9.17) is 14.2 Å². The van der Waals surface area contributed by atoms with Crippen molar-refractivity contribution in [2.45, 2.75) is 20.0 Å². The molecule has 0 aliphatic rings. The third kappa shape index (κ3) is 5.10. The molecule has 3 heterocycles. The second-order valence-electron chi connectivity index (χ2n) is 9.05. The number of hydrogen-bond acceptors (Lipinski definition) is 8. The molecule has 0 aliphatic carbocycles. The number of ether oxygens (including phenoxy) is 3. The van der Waals surface area contributed by atoms with Gasteiger partial charge < -0.3 is 19.5 Å². The number of hydrogen-bond donors (Lipinski definition) is 2. The van der Waals surface area contributed by atoms with Crippen molar-refractivity contribution >= 4 is 16.9 Å². The lowest BCUT2D eigenvalue weighted by atomic mass is 10.1. The standard InChI is InChI=1S/C28H29N7O5/c1-17-7-5-6-8-18(17)15-34-16-30-26-20(28(34)37)14-31-35(26)10-9-29-27(36)22-13-21(32-33-22)19-11-23(38-2)25(40-4)24(12-19)39-3/h5-8,11-14,16H,9-10,15H2,1-4H3,(H,29,36)(H,32,33). The Balaban J connectivity index is 1.25. The largest absolute Gasteiger partial charge is 0.493 e. The number of nitrogens with one attached hydrogen (secondary N) is 2. The van der Waals surface area contributed by atoms with Gasteiger partial charge in [-0.1, -0.05) is 24.3 Å². The Morgan fingerprint density at radius 1 is 1.05 bits per heavy atom. The molecule has 5 rings (SSSR count). The molecule has 0 radical (unpaired) electrons. The van der Waals surface area contributed by atoms with E-state index in [0.717, 1.165) is 11.1 Å². The summed E-state index contributed by atoms with van der Waals surface area (Å²) < 4.78 is 19.3. The molecule has 0 unspecified atom stereocenters. The molecule has 2 aromatic carbocycles. The van der Waals surface area contributed by atoms with Crippen molar-refractivity contribution in [3.05, 3.63) is 82.2 Å². The van der Waals surface area contributed by atoms with Gasteiger partial charge in [0.25, 0.3) is 11.5 Å². The summed E-state index contributed by atoms with van der Waals surface area (Å²) in [5.41, 5.74) is 3.96. The van der Waals surface area contributed by atoms with Gasteiger partial charge in [0.2, 0.25) is 5.75 Å². The quantitative estimate of drug-likeness (QED) is 0.274. The Labute approximate surface area is 229 Å². The van der Waals surface area contributed by atoms with Crippen LogP contribution in [-0.2, 0) is 13.1 Å². The first kappa shape index (κ1) is 26.5. The maximum atomic E-state index is 13.0. The van der Waals surface area contributed by atoms with Crippen molar-refractivity contribution in [2.24, 2.45) is 0 Å². The number of amides is 1. The zero-order valence-corrected chi connectivity index (χ0v) is 22.6. The Kier molecular flexibility index (Phi) is 7.49. The lowest BCUT2D eigenvalue weighted by molar-refractivity contribution is 0.0947. The minimum Gasteiger partial charge on any atom is -0.493 e. The van der Waals surface area contributed by atoms with Gasteiger partial charge in [-0.15, -0.1) is 0 Å². The number of fused-ring (bicyclic) bond motifs is 1. The minimum absolute atomic E-state index is 0.166. The number of nitrogens with zero attached hydrogens (tertiary/aromatic N) is 5. The predicted molar refractivity (Wildman–Crippen MR) is 148 cm³/mol. The van der Waals surface area contributed by atoms with E-state index >= 15 is 0 Å². The van der Waals surface area contributed by atoms with Gasteiger partial charge in [-0.2, -0.15) is 10.2 Å². The van der Waals surface area contributed by atoms with Gasteiger partial charge in [-0.25, -0.2) is 9.67 Å². The van der Waals surface area contributed by atoms with Crippen molar-refractivity contribution < 1.29 is 19.0 Å². The maximum Gasteiger partial charge on any atom is 0.269 e. The summed E-state index contributed by atoms with van der Waals surface area (Å²) in [5, 5.41) is 14.6. The van der Waals surface area contributed by atoms with E-state index in [0.29, 0.717) is 52.6 Å². The first-order valence-electron chi connectivity index (χ1n) is 12.5. The normalized spacial score (nSPS) is 11.0. The van der Waals surface area contributed by atoms with Crippen LogP contribution >= 0.6 is 0 Å². The van der Waals surface area contributed by atoms with Crippen LogP contribution in [0.5, 0.6) is 17.2 Å². The van der Waals surface area contributed by atoms with E-state index in [1.54, 1.807) is 27.4 Å². The van der Waals surface area contributed by atoms with E-state index in [-0.39, 0.29) is 23.7 Å². The Bertz CT molecular complexity index is 1710. The number of aromatic amines is 1. The molecule has 206 valence electrons. The number of aryl methyl sites for hydroxylation is 1. The molecule has 40 heavy (non-hydrogen) atoms. The number of H-pyrrole nitrogens is 1. The zero-order valence-electron chi connectivity index (χ0n) is 22.6. The van der Waals surface area contributed by atoms with Crippen molar-refractivity contribution in [1.82, 2.24) is 34.8 Å². The second-order valence-corrected chi connectivity index (χ2v) is 9.05. The highest BCUT2D eigenvalue weighted by Crippen LogP contribution is 2.40. The van der Waals surface area contributed by atoms with Crippen molar-refractivity contribution in [2.75, 3.05) is 27.9 Å². The van der Waals surface area contributed by atoms with Crippen LogP contribution in [-0.4, -0.2) is 63.3 Å². The van der Waals surface area contributed by atoms with Gasteiger partial charge in [0.1, 0.15) is 17.4 Å². The molecular weight excluding hydrogens is 514 g/mol. The number of benzene rings is 2. The minimum atomic E-state index is -0.337. The molecule has 12 heteroatoms. The molecular formula is C28H29N7O5. The van der Waals surface area contributed by atoms with Crippen LogP contribution in [0.15, 0.2) is 59.8 Å². The van der Waals surface area contributed by atoms with Gasteiger partial charge in [-0.05, 0) is 36.2 Å². The third-order valence-corrected chi connectivity index (χ3v) is 6.62. The van der Waals surface area contributed by atoms with Crippen LogP contribution in [0.2, 0.25) is 0 Å². The molecule has 1 amide bonds. The highest BCUT2D eigenvalue weighted by atomic mass is 16.5. The van der Waals surface area contributed by atoms with E-state index in [1.807, 2.05) is 31.2 Å². The number of aromatic nitrogens is 6. The highest BCUT2D eigenvalue weighted by molar-refractivity contribution is 5.93. The van der Waals surface area contributed by atoms with Gasteiger partial charge in [0.05, 0.1) is 46.3 Å². The summed E-state index contributed by atoms with van der Waals surface area (Å²) in [6, 6.07) is 13.1. The summed E-state index contributed by atoms with van der Waals surface area (Å²) in [5.74, 6) is 1.09. The van der Waals surface area contributed by atoms with E-state index in [2.05, 4.69) is 25.6 Å². The van der Waals surface area contributed by atoms with E-state index in [9.17, 15) is 9.59 Å². The number of carbonyl (C=O) groups excluding carboxylic acids is 1. The lowest BCUT2D eigenvalue weighted by Gasteiger charge is -2.13. The van der Waals surface area contributed by atoms with Gasteiger partial charge in [0, 0.05) is 12.1 Å². The van der Waals surface area contributed by atoms with Gasteiger partial charge in [-0.3, -0.25) is 19.3 Å². The van der Waals surface area contributed by atoms with E-state index < -0.39 is 0 Å². The van der Waals surface area contributed by atoms with Crippen LogP contribution in [0, 0.1) is 6.92 Å². The summed E-state index contributed by atoms with van der Waals surface area (Å²) in [7, 11) is 4.59. The first-order valence-corrected chi connectivity index (χ1v) is 12.5. The fourth-order valence-electron chi connectivity index (χ4n) is 4.43. The smallest absolute Gasteiger partial charge is 0.269 e. The van der Waals surface area contributed by atoms with Gasteiger partial charge in [0.15, 0.2) is 17.1 Å². The number of methoxy groups -OCH3 is 3. The Hall–Kier alpha value is -5.13. The predicted octanol–water partition coefficient (Wildman–Crippen LogP) is 2.80. The summed E-state index contributed by atoms with van der Waals surface area (Å²) in [4.78, 5) is 30.3. The van der Waals surface area contributed by atoms with Crippen LogP contribution in [0.3, 0.4) is 0 Å². The molecule has 0 aliphatic heterocycles. The Morgan fingerprint density at radius 3 is 2.50 bits per heavy atom. The summed E-state index contributed by atoms with van der Waals surface area (Å²) >= 11 is 0. The zero-order chi connectivity index (χ0) is 28.2. The molecule has 0 saturated heterocycles. The number of rotatable bonds is 10. The Morgan fingerprint density at radius 2 is 1.80 bits per heavy atom. The fourth-order valence-corrected chi connectivity index (χ4v) is 4.43. The summed E-state index contributed by atoms with van der Waals surface area (Å²) in [6.45, 7) is 3.04. The lowest BCUT2D eigenvalue weighted by Crippen LogP contribution is -2.28. The van der Waals surface area contributed by atoms with Crippen LogP contribution in [0.25, 0.3) is 22.3 Å². The molecule has 0 saturated carbocycles. The summed E-state index contributed by atoms with van der Waals surface area (Å²) in [6.07, 6.45) is 3.04. The third-order valence-electron chi connectivity index (χ3n) is 6.62. The average Bonchev–Trinajstić information content (AvgIpc) is 3.63. The number of carbonyl (C=O) groups is 1. The fraction of sp³-hybridized carbons (Fsp3) is 0.250. The average molecular weight is 544 g/mol. The van der Waals surface area contributed by atoms with Crippen LogP contribution in [0.4, 0.5) is 0 Å². The van der Waals surface area contributed by atoms with Crippen LogP contribution in [0.1, 0.15) is 21.6 Å². The van der Waals surface area contributed by atoms with Crippen molar-refractivity contribution in [3.63, 3.8) is 0 Å². The van der Waals surface area contributed by atoms with E-state index in [1.165, 1.54) is 33.9 Å². The molecule has 0 bridgehead atoms.